The monoisotopic (exact) mass is 495 g/mol. The van der Waals surface area contributed by atoms with Gasteiger partial charge in [0.1, 0.15) is 0 Å². The molecule has 0 atom stereocenters. The van der Waals surface area contributed by atoms with E-state index in [1.54, 1.807) is 26.5 Å². The summed E-state index contributed by atoms with van der Waals surface area (Å²) < 4.78 is 34.3. The van der Waals surface area contributed by atoms with E-state index in [-0.39, 0.29) is 15.8 Å². The molecule has 1 fully saturated rings. The molecule has 1 aromatic carbocycles. The first-order chi connectivity index (χ1) is 15.7. The highest BCUT2D eigenvalue weighted by molar-refractivity contribution is 7.90. The number of amides is 1. The van der Waals surface area contributed by atoms with Gasteiger partial charge < -0.3 is 9.47 Å². The Morgan fingerprint density at radius 2 is 1.88 bits per heavy atom. The van der Waals surface area contributed by atoms with E-state index in [4.69, 9.17) is 21.1 Å². The summed E-state index contributed by atoms with van der Waals surface area (Å²) >= 11 is 6.26. The van der Waals surface area contributed by atoms with Gasteiger partial charge in [-0.1, -0.05) is 37.3 Å². The Morgan fingerprint density at radius 1 is 1.18 bits per heavy atom. The normalized spacial score (nSPS) is 14.7. The van der Waals surface area contributed by atoms with Gasteiger partial charge in [0.25, 0.3) is 0 Å². The van der Waals surface area contributed by atoms with Crippen LogP contribution in [0, 0.1) is 5.92 Å². The van der Waals surface area contributed by atoms with Crippen molar-refractivity contribution in [3.05, 3.63) is 41.3 Å². The quantitative estimate of drug-likeness (QED) is 0.452. The van der Waals surface area contributed by atoms with Gasteiger partial charge in [-0.3, -0.25) is 14.7 Å². The number of carbonyl (C=O) groups excluding carboxylic acids is 1. The largest absolute Gasteiger partial charge is 0.356 e. The maximum absolute atomic E-state index is 13.3. The third-order valence-corrected chi connectivity index (χ3v) is 7.47. The fourth-order valence-electron chi connectivity index (χ4n) is 4.07. The molecule has 0 N–H and O–H groups in total. The molecule has 1 aromatic heterocycles. The maximum Gasteiger partial charge on any atom is 0.232 e. The molecule has 1 heterocycles. The predicted molar refractivity (Wildman–Crippen MR) is 126 cm³/mol. The van der Waals surface area contributed by atoms with Crippen molar-refractivity contribution in [2.24, 2.45) is 5.92 Å². The number of aromatic nitrogens is 2. The summed E-state index contributed by atoms with van der Waals surface area (Å²) in [6.45, 7) is 0. The van der Waals surface area contributed by atoms with Gasteiger partial charge in [0.15, 0.2) is 21.9 Å². The molecule has 1 amide bonds. The van der Waals surface area contributed by atoms with Crippen molar-refractivity contribution in [1.29, 1.82) is 0 Å². The molecule has 0 aliphatic heterocycles. The lowest BCUT2D eigenvalue weighted by Gasteiger charge is -2.23. The van der Waals surface area contributed by atoms with Crippen LogP contribution in [0.25, 0.3) is 0 Å². The van der Waals surface area contributed by atoms with Crippen LogP contribution in [0.2, 0.25) is 5.02 Å². The van der Waals surface area contributed by atoms with Gasteiger partial charge in [0.05, 0.1) is 33.7 Å². The zero-order chi connectivity index (χ0) is 24.0. The van der Waals surface area contributed by atoms with Gasteiger partial charge in [0, 0.05) is 33.3 Å². The topological polar surface area (TPSA) is 98.7 Å². The van der Waals surface area contributed by atoms with Crippen molar-refractivity contribution in [2.45, 2.75) is 56.1 Å². The molecule has 8 nitrogen and oxygen atoms in total. The Hall–Kier alpha value is -2.07. The van der Waals surface area contributed by atoms with Crippen molar-refractivity contribution in [3.8, 4) is 0 Å². The van der Waals surface area contributed by atoms with Crippen LogP contribution in [0.5, 0.6) is 0 Å². The van der Waals surface area contributed by atoms with E-state index in [1.807, 2.05) is 0 Å². The van der Waals surface area contributed by atoms with Gasteiger partial charge in [0.2, 0.25) is 5.91 Å². The molecule has 0 spiro atoms. The van der Waals surface area contributed by atoms with Crippen LogP contribution < -0.4 is 4.90 Å². The van der Waals surface area contributed by atoms with Gasteiger partial charge in [-0.2, -0.15) is 0 Å². The fraction of sp³-hybridized carbons (Fsp3) is 0.522. The molecule has 0 bridgehead atoms. The van der Waals surface area contributed by atoms with Crippen LogP contribution in [0.15, 0.2) is 35.5 Å². The number of nitrogens with zero attached hydrogens (tertiary/aromatic N) is 3. The highest BCUT2D eigenvalue weighted by Crippen LogP contribution is 2.33. The lowest BCUT2D eigenvalue weighted by atomic mass is 10.0. The fourth-order valence-corrected chi connectivity index (χ4v) is 5.40. The number of methoxy groups -OCH3 is 2. The van der Waals surface area contributed by atoms with E-state index < -0.39 is 16.1 Å². The summed E-state index contributed by atoms with van der Waals surface area (Å²) in [4.78, 5) is 23.6. The summed E-state index contributed by atoms with van der Waals surface area (Å²) in [6, 6.07) is 4.46. The zero-order valence-corrected chi connectivity index (χ0v) is 20.7. The first-order valence-corrected chi connectivity index (χ1v) is 13.2. The lowest BCUT2D eigenvalue weighted by Crippen LogP contribution is -2.27. The second kappa shape index (κ2) is 11.4. The minimum atomic E-state index is -3.49. The van der Waals surface area contributed by atoms with Gasteiger partial charge >= 0.3 is 0 Å². The molecule has 1 aliphatic carbocycles. The van der Waals surface area contributed by atoms with Crippen LogP contribution in [0.1, 0.15) is 44.2 Å². The van der Waals surface area contributed by atoms with Crippen LogP contribution >= 0.6 is 11.6 Å². The minimum absolute atomic E-state index is 0.0119. The average molecular weight is 496 g/mol. The molecule has 33 heavy (non-hydrogen) atoms. The third-order valence-electron chi connectivity index (χ3n) is 5.89. The molecule has 2 aromatic rings. The Morgan fingerprint density at radius 3 is 2.42 bits per heavy atom. The molecule has 180 valence electrons. The van der Waals surface area contributed by atoms with Crippen LogP contribution in [-0.2, 0) is 30.5 Å². The van der Waals surface area contributed by atoms with Gasteiger partial charge in [-0.15, -0.1) is 0 Å². The van der Waals surface area contributed by atoms with E-state index in [9.17, 15) is 13.2 Å². The molecular weight excluding hydrogens is 466 g/mol. The number of hydrogen-bond acceptors (Lipinski definition) is 7. The molecule has 10 heteroatoms. The molecule has 3 rings (SSSR count). The van der Waals surface area contributed by atoms with Gasteiger partial charge in [-0.05, 0) is 30.5 Å². The number of benzene rings is 1. The van der Waals surface area contributed by atoms with Gasteiger partial charge in [-0.25, -0.2) is 13.4 Å². The molecule has 0 radical (unpaired) electrons. The maximum atomic E-state index is 13.3. The van der Waals surface area contributed by atoms with Crippen molar-refractivity contribution in [1.82, 2.24) is 9.97 Å². The van der Waals surface area contributed by atoms with E-state index in [0.29, 0.717) is 36.0 Å². The standard InChI is InChI=1S/C23H30ClN3O5S/c1-31-23(32-2)12-17-14-26-21(15-25-17)27(22(28)11-8-16-6-4-5-7-16)18-9-10-20(19(24)13-18)33(3,29)30/h9-10,13-16,23H,4-8,11-12H2,1-3H3. The highest BCUT2D eigenvalue weighted by Gasteiger charge is 2.24. The zero-order valence-electron chi connectivity index (χ0n) is 19.2. The van der Waals surface area contributed by atoms with Crippen molar-refractivity contribution < 1.29 is 22.7 Å². The Labute approximate surface area is 200 Å². The van der Waals surface area contributed by atoms with E-state index in [1.165, 1.54) is 36.1 Å². The summed E-state index contributed by atoms with van der Waals surface area (Å²) in [5.41, 5.74) is 1.09. The molecule has 0 saturated heterocycles. The number of rotatable bonds is 10. The smallest absolute Gasteiger partial charge is 0.232 e. The SMILES string of the molecule is COC(Cc1cnc(N(C(=O)CCC2CCCC2)c2ccc(S(C)(=O)=O)c(Cl)c2)cn1)OC. The van der Waals surface area contributed by atoms with Crippen molar-refractivity contribution in [3.63, 3.8) is 0 Å². The predicted octanol–water partition coefficient (Wildman–Crippen LogP) is 4.33. The van der Waals surface area contributed by atoms with E-state index in [2.05, 4.69) is 9.97 Å². The second-order valence-electron chi connectivity index (χ2n) is 8.28. The number of ether oxygens (including phenoxy) is 2. The highest BCUT2D eigenvalue weighted by atomic mass is 35.5. The number of sulfone groups is 1. The first kappa shape index (κ1) is 25.6. The number of halogens is 1. The summed E-state index contributed by atoms with van der Waals surface area (Å²) in [7, 11) is -0.399. The Kier molecular flexibility index (Phi) is 8.81. The minimum Gasteiger partial charge on any atom is -0.356 e. The number of anilines is 2. The van der Waals surface area contributed by atoms with Crippen molar-refractivity contribution >= 4 is 38.9 Å². The van der Waals surface area contributed by atoms with E-state index in [0.717, 1.165) is 25.5 Å². The Bertz CT molecular complexity index is 1050. The molecule has 1 aliphatic rings. The van der Waals surface area contributed by atoms with E-state index >= 15 is 0 Å². The lowest BCUT2D eigenvalue weighted by molar-refractivity contribution is -0.118. The molecule has 1 saturated carbocycles. The summed E-state index contributed by atoms with van der Waals surface area (Å²) in [6.07, 6.45) is 10.0. The summed E-state index contributed by atoms with van der Waals surface area (Å²) in [5.74, 6) is 0.754. The molecule has 0 unspecified atom stereocenters. The molecular formula is C23H30ClN3O5S. The number of hydrogen-bond donors (Lipinski definition) is 0. The second-order valence-corrected chi connectivity index (χ2v) is 10.7. The average Bonchev–Trinajstić information content (AvgIpc) is 3.30. The number of carbonyl (C=O) groups is 1. The van der Waals surface area contributed by atoms with Crippen molar-refractivity contribution in [2.75, 3.05) is 25.4 Å². The Balaban J connectivity index is 1.90. The van der Waals surface area contributed by atoms with Crippen LogP contribution in [0.4, 0.5) is 11.5 Å². The van der Waals surface area contributed by atoms with Crippen LogP contribution in [0.3, 0.4) is 0 Å². The summed E-state index contributed by atoms with van der Waals surface area (Å²) in [5, 5.41) is 0.0520. The third kappa shape index (κ3) is 6.72. The first-order valence-electron chi connectivity index (χ1n) is 10.9. The van der Waals surface area contributed by atoms with Crippen LogP contribution in [-0.4, -0.2) is 51.1 Å².